The average Bonchev–Trinajstić information content (AvgIpc) is 1.69. The van der Waals surface area contributed by atoms with E-state index >= 15 is 0 Å². The van der Waals surface area contributed by atoms with Crippen LogP contribution in [0.5, 0.6) is 23.0 Å². The number of para-hydroxylation sites is 3. The number of rotatable bonds is 24. The predicted octanol–water partition coefficient (Wildman–Crippen LogP) is 22.8. The number of benzene rings is 10. The molecule has 0 aliphatic heterocycles. The first-order chi connectivity index (χ1) is 55.7. The Kier molecular flexibility index (Phi) is 34.9. The van der Waals surface area contributed by atoms with Crippen molar-refractivity contribution in [3.63, 3.8) is 0 Å². The van der Waals surface area contributed by atoms with Crippen LogP contribution in [0.1, 0.15) is 96.5 Å². The Morgan fingerprint density at radius 2 is 0.735 bits per heavy atom. The monoisotopic (exact) mass is 1730 g/mol. The van der Waals surface area contributed by atoms with Crippen LogP contribution in [-0.2, 0) is 33.8 Å². The van der Waals surface area contributed by atoms with Gasteiger partial charge in [0.25, 0.3) is 0 Å². The summed E-state index contributed by atoms with van der Waals surface area (Å²) in [7, 11) is 0. The first-order valence-electron chi connectivity index (χ1n) is 38.0. The quantitative estimate of drug-likeness (QED) is 0.0146. The Morgan fingerprint density at radius 3 is 1.11 bits per heavy atom. The van der Waals surface area contributed by atoms with Crippen LogP contribution in [0.4, 0.5) is 62.5 Å². The molecule has 26 heteroatoms. The largest absolute Gasteiger partial charge is 0.526 e. The van der Waals surface area contributed by atoms with Crippen molar-refractivity contribution in [1.82, 2.24) is 15.0 Å². The van der Waals surface area contributed by atoms with Crippen molar-refractivity contribution in [2.45, 2.75) is 69.2 Å². The summed E-state index contributed by atoms with van der Waals surface area (Å²) in [6, 6.07) is 59.8. The number of hydrogen-bond acceptors (Lipinski definition) is 20. The van der Waals surface area contributed by atoms with Crippen molar-refractivity contribution in [1.29, 1.82) is 0 Å². The molecule has 0 amide bonds. The molecule has 0 saturated heterocycles. The summed E-state index contributed by atoms with van der Waals surface area (Å²) in [6.45, 7) is 29.6. The molecular weight excluding hydrogens is 1640 g/mol. The normalized spacial score (nSPS) is 11.1. The number of hydrogen-bond donors (Lipinski definition) is 4. The number of phenols is 4. The van der Waals surface area contributed by atoms with Crippen LogP contribution >= 0.6 is 34.0 Å². The minimum absolute atomic E-state index is 0. The molecule has 117 heavy (non-hydrogen) atoms. The number of aromatic nitrogens is 3. The van der Waals surface area contributed by atoms with E-state index in [-0.39, 0.29) is 73.8 Å². The zero-order valence-electron chi connectivity index (χ0n) is 66.4. The van der Waals surface area contributed by atoms with E-state index in [0.717, 1.165) is 177 Å². The van der Waals surface area contributed by atoms with E-state index in [1.165, 1.54) is 35.1 Å². The van der Waals surface area contributed by atoms with E-state index in [1.54, 1.807) is 60.0 Å². The Morgan fingerprint density at radius 1 is 0.393 bits per heavy atom. The van der Waals surface area contributed by atoms with E-state index < -0.39 is 23.3 Å². The number of fused-ring (bicyclic) bond motifs is 4. The maximum Gasteiger partial charge on any atom is 0.346 e. The summed E-state index contributed by atoms with van der Waals surface area (Å²) in [4.78, 5) is 49.3. The second-order valence-electron chi connectivity index (χ2n) is 25.8. The molecule has 2 radical (unpaired) electrons. The second-order valence-corrected chi connectivity index (χ2v) is 28.8. The van der Waals surface area contributed by atoms with Crippen LogP contribution in [-0.4, -0.2) is 119 Å². The zero-order valence-corrected chi connectivity index (χ0v) is 70.8. The van der Waals surface area contributed by atoms with E-state index in [1.807, 2.05) is 149 Å². The minimum atomic E-state index is -0.687. The van der Waals surface area contributed by atoms with Crippen molar-refractivity contribution < 1.29 is 76.3 Å². The van der Waals surface area contributed by atoms with Gasteiger partial charge in [0, 0.05) is 216 Å². The molecule has 0 atom stereocenters. The van der Waals surface area contributed by atoms with Crippen LogP contribution in [0.15, 0.2) is 230 Å². The van der Waals surface area contributed by atoms with Crippen LogP contribution in [0, 0.1) is 29.3 Å². The predicted molar refractivity (Wildman–Crippen MR) is 472 cm³/mol. The van der Waals surface area contributed by atoms with Gasteiger partial charge in [-0.3, -0.25) is 15.0 Å². The maximum absolute atomic E-state index is 13.1. The molecule has 614 valence electrons. The molecule has 0 fully saturated rings. The summed E-state index contributed by atoms with van der Waals surface area (Å²) >= 11 is 4.64. The van der Waals surface area contributed by atoms with Gasteiger partial charge in [0.15, 0.2) is 0 Å². The maximum atomic E-state index is 13.1. The fourth-order valence-electron chi connectivity index (χ4n) is 12.4. The van der Waals surface area contributed by atoms with Crippen LogP contribution in [0.25, 0.3) is 58.3 Å². The summed E-state index contributed by atoms with van der Waals surface area (Å²) < 4.78 is 61.3. The average molecular weight is 1730 g/mol. The smallest absolute Gasteiger partial charge is 0.346 e. The summed E-state index contributed by atoms with van der Waals surface area (Å²) in [5, 5.41) is 43.7. The van der Waals surface area contributed by atoms with Crippen molar-refractivity contribution >= 4 is 145 Å². The zero-order chi connectivity index (χ0) is 82.1. The summed E-state index contributed by atoms with van der Waals surface area (Å²) in [5.74, 6) is -2.10. The van der Waals surface area contributed by atoms with Crippen LogP contribution in [0.2, 0.25) is 0 Å². The first-order valence-corrected chi connectivity index (χ1v) is 40.5. The van der Waals surface area contributed by atoms with Crippen molar-refractivity contribution in [3.05, 3.63) is 273 Å². The number of aliphatic imine (C=N–C) groups is 3. The Bertz CT molecular complexity index is 5380. The molecule has 0 bridgehead atoms. The number of nitrogens with zero attached hydrogens (tertiary/aromatic N) is 11. The number of aromatic hydroxyl groups is 4. The molecule has 17 nitrogen and oxygen atoms in total. The summed E-state index contributed by atoms with van der Waals surface area (Å²) in [5.41, 5.74) is 11.3. The standard InChI is InChI=1S/C20H18N2O2S.C19H19N2OS.C18H19N3OS.2C17H18F2N2O.Co.Cu/c1-3-22(4-2)14-10-9-13-11-15(20(23)24-17(13)12-14)19-21-16-7-5-6-8-18(16)25-19;1-3-21(4-2)15-11-9-14(17(22)13-15)10-12-19-20-16-7-5-6-8-18(16)23-19;1-3-21(4-2)14-10-9-13(16(22)11-14)12-19-18-20-15-7-5-6-8-17(15)23-18;2*1-3-21(4-2)16-6-5-12(17(22)10-16)11-20-15-8-13(18)7-14(19)9-15;;/h5-12H,3-4H2,1-2H3;5-11,13,22H,3-4H2,1-2H3;5-12,22H,3-4H2,1-2H3;2*5-11,22H,3-4H2,1-2H3;;/q;-1;;;;;. The minimum Gasteiger partial charge on any atom is -0.526 e. The molecule has 4 heterocycles. The van der Waals surface area contributed by atoms with Gasteiger partial charge in [0.05, 0.1) is 47.6 Å². The van der Waals surface area contributed by atoms with Gasteiger partial charge in [-0.1, -0.05) is 53.8 Å². The Hall–Kier alpha value is -11.2. The SMILES string of the molecule is CCN(CC)c1ccc(C=Nc2cc(F)cc(F)c2)c(O)c1.CCN(CC)c1ccc(C=Nc2cc(F)cc(F)c2)c(O)c1.CCN(CC)c1ccc(C=Nc2nc3ccccc3s2)c(O)c1.CCN(CC)c1ccc(C=[C-]c2nc3ccccc3s2)c(O)c1.CCN(CC)c1ccc2cc(-c3nc4ccccc4s3)c(=O)oc2c1.[Co].[Cu]. The van der Waals surface area contributed by atoms with Gasteiger partial charge in [-0.2, -0.15) is 0 Å². The van der Waals surface area contributed by atoms with E-state index in [0.29, 0.717) is 38.0 Å². The van der Waals surface area contributed by atoms with Gasteiger partial charge in [-0.05, 0) is 191 Å². The molecule has 4 aromatic heterocycles. The van der Waals surface area contributed by atoms with Gasteiger partial charge in [0.1, 0.15) is 51.1 Å². The number of phenolic OH excluding ortho intramolecular Hbond substituents is 4. The van der Waals surface area contributed by atoms with E-state index in [4.69, 9.17) is 4.42 Å². The van der Waals surface area contributed by atoms with E-state index in [2.05, 4.69) is 114 Å². The Balaban J connectivity index is 0.000000182. The fraction of sp³-hybridized carbons (Fsp3) is 0.220. The molecule has 14 rings (SSSR count). The number of halogens is 4. The molecule has 0 aliphatic rings. The molecule has 0 spiro atoms. The van der Waals surface area contributed by atoms with Gasteiger partial charge in [-0.25, -0.2) is 49.5 Å². The molecule has 0 unspecified atom stereocenters. The second kappa shape index (κ2) is 44.8. The third-order valence-corrected chi connectivity index (χ3v) is 21.6. The first kappa shape index (κ1) is 91.3. The van der Waals surface area contributed by atoms with Crippen molar-refractivity contribution in [2.75, 3.05) is 89.9 Å². The third kappa shape index (κ3) is 24.9. The molecule has 0 saturated carbocycles. The van der Waals surface area contributed by atoms with Gasteiger partial charge < -0.3 is 49.3 Å². The number of anilines is 5. The van der Waals surface area contributed by atoms with Crippen molar-refractivity contribution in [2.24, 2.45) is 15.0 Å². The number of thiazole rings is 3. The molecule has 14 aromatic rings. The van der Waals surface area contributed by atoms with Crippen LogP contribution < -0.4 is 30.1 Å². The molecule has 4 N–H and O–H groups in total. The molecule has 0 aliphatic carbocycles. The fourth-order valence-corrected chi connectivity index (χ4v) is 15.0. The van der Waals surface area contributed by atoms with Gasteiger partial charge in [-0.15, -0.1) is 34.3 Å². The van der Waals surface area contributed by atoms with Crippen LogP contribution in [0.3, 0.4) is 0 Å². The Labute approximate surface area is 712 Å². The van der Waals surface area contributed by atoms with E-state index in [9.17, 15) is 42.8 Å². The molecule has 10 aromatic carbocycles. The van der Waals surface area contributed by atoms with Gasteiger partial charge >= 0.3 is 5.63 Å². The van der Waals surface area contributed by atoms with Crippen molar-refractivity contribution in [3.8, 4) is 33.6 Å². The molecular formula is C91H92CoCuF4N11O6S3-. The van der Waals surface area contributed by atoms with Gasteiger partial charge in [0.2, 0.25) is 5.13 Å². The summed E-state index contributed by atoms with van der Waals surface area (Å²) in [6.07, 6.45) is 9.40. The topological polar surface area (TPSA) is 203 Å². The third-order valence-electron chi connectivity index (χ3n) is 18.6.